The van der Waals surface area contributed by atoms with E-state index in [0.29, 0.717) is 31.0 Å². The van der Waals surface area contributed by atoms with Gasteiger partial charge in [0.1, 0.15) is 5.60 Å². The van der Waals surface area contributed by atoms with Gasteiger partial charge in [-0.25, -0.2) is 4.79 Å². The van der Waals surface area contributed by atoms with Crippen molar-refractivity contribution in [2.75, 3.05) is 34.9 Å². The standard InChI is InChI=1S/C21H34N2O5/c1-15(13-23(6)20(25)28-21(2,3)4)11-19(24)22(5)14-16-9-10-17(26-7)18(12-16)27-8/h9-10,12,15H,11,13-14H2,1-8H3. The summed E-state index contributed by atoms with van der Waals surface area (Å²) in [6, 6.07) is 5.60. The van der Waals surface area contributed by atoms with E-state index < -0.39 is 5.60 Å². The van der Waals surface area contributed by atoms with E-state index in [2.05, 4.69) is 0 Å². The molecule has 1 aromatic carbocycles. The van der Waals surface area contributed by atoms with E-state index in [0.717, 1.165) is 5.56 Å². The van der Waals surface area contributed by atoms with Gasteiger partial charge in [-0.15, -0.1) is 0 Å². The maximum absolute atomic E-state index is 12.6. The highest BCUT2D eigenvalue weighted by Gasteiger charge is 2.22. The van der Waals surface area contributed by atoms with Gasteiger partial charge in [-0.1, -0.05) is 13.0 Å². The van der Waals surface area contributed by atoms with Gasteiger partial charge in [0.05, 0.1) is 14.2 Å². The van der Waals surface area contributed by atoms with Crippen LogP contribution in [-0.4, -0.2) is 62.3 Å². The van der Waals surface area contributed by atoms with Crippen molar-refractivity contribution in [2.45, 2.75) is 46.3 Å². The highest BCUT2D eigenvalue weighted by molar-refractivity contribution is 5.76. The van der Waals surface area contributed by atoms with Crippen LogP contribution in [0.15, 0.2) is 18.2 Å². The molecule has 28 heavy (non-hydrogen) atoms. The molecule has 1 rings (SSSR count). The molecule has 158 valence electrons. The van der Waals surface area contributed by atoms with E-state index >= 15 is 0 Å². The van der Waals surface area contributed by atoms with E-state index in [-0.39, 0.29) is 17.9 Å². The smallest absolute Gasteiger partial charge is 0.410 e. The van der Waals surface area contributed by atoms with Crippen LogP contribution >= 0.6 is 0 Å². The summed E-state index contributed by atoms with van der Waals surface area (Å²) in [5.41, 5.74) is 0.413. The molecule has 0 spiro atoms. The van der Waals surface area contributed by atoms with Crippen molar-refractivity contribution in [3.63, 3.8) is 0 Å². The first-order valence-electron chi connectivity index (χ1n) is 9.35. The molecule has 0 aliphatic carbocycles. The second-order valence-electron chi connectivity index (χ2n) is 8.11. The molecule has 7 heteroatoms. The molecule has 0 aliphatic heterocycles. The first kappa shape index (κ1) is 23.6. The van der Waals surface area contributed by atoms with E-state index in [1.807, 2.05) is 45.9 Å². The molecule has 7 nitrogen and oxygen atoms in total. The Morgan fingerprint density at radius 1 is 1.04 bits per heavy atom. The molecule has 0 N–H and O–H groups in total. The molecule has 0 saturated heterocycles. The van der Waals surface area contributed by atoms with Crippen LogP contribution in [0.3, 0.4) is 0 Å². The summed E-state index contributed by atoms with van der Waals surface area (Å²) in [7, 11) is 6.62. The van der Waals surface area contributed by atoms with Gasteiger partial charge in [0, 0.05) is 33.6 Å². The number of amides is 2. The number of carbonyl (C=O) groups excluding carboxylic acids is 2. The SMILES string of the molecule is COc1ccc(CN(C)C(=O)CC(C)CN(C)C(=O)OC(C)(C)C)cc1OC. The van der Waals surface area contributed by atoms with Crippen LogP contribution in [0.25, 0.3) is 0 Å². The van der Waals surface area contributed by atoms with Gasteiger partial charge in [-0.3, -0.25) is 4.79 Å². The highest BCUT2D eigenvalue weighted by Crippen LogP contribution is 2.28. The molecule has 0 aliphatic rings. The highest BCUT2D eigenvalue weighted by atomic mass is 16.6. The van der Waals surface area contributed by atoms with Crippen LogP contribution < -0.4 is 9.47 Å². The minimum Gasteiger partial charge on any atom is -0.493 e. The molecule has 1 unspecified atom stereocenters. The maximum Gasteiger partial charge on any atom is 0.410 e. The molecule has 0 aromatic heterocycles. The number of rotatable bonds is 8. The van der Waals surface area contributed by atoms with Crippen LogP contribution in [0.4, 0.5) is 4.79 Å². The number of carbonyl (C=O) groups is 2. The zero-order valence-corrected chi connectivity index (χ0v) is 18.4. The van der Waals surface area contributed by atoms with Gasteiger partial charge in [-0.2, -0.15) is 0 Å². The summed E-state index contributed by atoms with van der Waals surface area (Å²) >= 11 is 0. The van der Waals surface area contributed by atoms with Crippen molar-refractivity contribution < 1.29 is 23.8 Å². The molecular weight excluding hydrogens is 360 g/mol. The van der Waals surface area contributed by atoms with Gasteiger partial charge < -0.3 is 24.0 Å². The Labute approximate surface area is 168 Å². The lowest BCUT2D eigenvalue weighted by Crippen LogP contribution is -2.37. The number of ether oxygens (including phenoxy) is 3. The summed E-state index contributed by atoms with van der Waals surface area (Å²) in [6.07, 6.45) is -0.0396. The van der Waals surface area contributed by atoms with E-state index in [4.69, 9.17) is 14.2 Å². The Kier molecular flexibility index (Phi) is 8.60. The molecule has 0 bridgehead atoms. The van der Waals surface area contributed by atoms with E-state index in [1.54, 1.807) is 33.2 Å². The first-order chi connectivity index (χ1) is 13.0. The fourth-order valence-electron chi connectivity index (χ4n) is 2.74. The third-order valence-corrected chi connectivity index (χ3v) is 4.11. The first-order valence-corrected chi connectivity index (χ1v) is 9.35. The second kappa shape index (κ2) is 10.2. The van der Waals surface area contributed by atoms with Crippen molar-refractivity contribution in [3.05, 3.63) is 23.8 Å². The monoisotopic (exact) mass is 394 g/mol. The van der Waals surface area contributed by atoms with Crippen LogP contribution in [0, 0.1) is 5.92 Å². The number of hydrogen-bond donors (Lipinski definition) is 0. The van der Waals surface area contributed by atoms with Gasteiger partial charge in [-0.05, 0) is 44.4 Å². The van der Waals surface area contributed by atoms with E-state index in [9.17, 15) is 9.59 Å². The minimum atomic E-state index is -0.538. The third-order valence-electron chi connectivity index (χ3n) is 4.11. The Balaban J connectivity index is 2.58. The van der Waals surface area contributed by atoms with Gasteiger partial charge in [0.25, 0.3) is 0 Å². The zero-order chi connectivity index (χ0) is 21.5. The second-order valence-corrected chi connectivity index (χ2v) is 8.11. The summed E-state index contributed by atoms with van der Waals surface area (Å²) in [4.78, 5) is 27.8. The Morgan fingerprint density at radius 3 is 2.18 bits per heavy atom. The van der Waals surface area contributed by atoms with Crippen molar-refractivity contribution in [2.24, 2.45) is 5.92 Å². The lowest BCUT2D eigenvalue weighted by Gasteiger charge is -2.27. The lowest BCUT2D eigenvalue weighted by atomic mass is 10.1. The van der Waals surface area contributed by atoms with Crippen LogP contribution in [0.1, 0.15) is 39.7 Å². The third kappa shape index (κ3) is 7.66. The fourth-order valence-corrected chi connectivity index (χ4v) is 2.74. The number of benzene rings is 1. The molecule has 1 atom stereocenters. The van der Waals surface area contributed by atoms with Crippen LogP contribution in [0.5, 0.6) is 11.5 Å². The van der Waals surface area contributed by atoms with Crippen molar-refractivity contribution in [1.82, 2.24) is 9.80 Å². The predicted molar refractivity (Wildman–Crippen MR) is 109 cm³/mol. The van der Waals surface area contributed by atoms with Crippen molar-refractivity contribution in [3.8, 4) is 11.5 Å². The summed E-state index contributed by atoms with van der Waals surface area (Å²) in [5, 5.41) is 0. The van der Waals surface area contributed by atoms with E-state index in [1.165, 1.54) is 4.90 Å². The van der Waals surface area contributed by atoms with Crippen molar-refractivity contribution in [1.29, 1.82) is 0 Å². The molecular formula is C21H34N2O5. The quantitative estimate of drug-likeness (QED) is 0.674. The number of hydrogen-bond acceptors (Lipinski definition) is 5. The van der Waals surface area contributed by atoms with Gasteiger partial charge in [0.15, 0.2) is 11.5 Å². The Bertz CT molecular complexity index is 669. The molecule has 0 saturated carbocycles. The van der Waals surface area contributed by atoms with Crippen LogP contribution in [-0.2, 0) is 16.1 Å². The number of nitrogens with zero attached hydrogens (tertiary/aromatic N) is 2. The molecule has 0 radical (unpaired) electrons. The Hall–Kier alpha value is -2.44. The van der Waals surface area contributed by atoms with Gasteiger partial charge >= 0.3 is 6.09 Å². The largest absolute Gasteiger partial charge is 0.493 e. The summed E-state index contributed by atoms with van der Waals surface area (Å²) in [5.74, 6) is 1.31. The predicted octanol–water partition coefficient (Wildman–Crippen LogP) is 3.56. The van der Waals surface area contributed by atoms with Crippen molar-refractivity contribution >= 4 is 12.0 Å². The summed E-state index contributed by atoms with van der Waals surface area (Å²) in [6.45, 7) is 8.35. The normalized spacial score (nSPS) is 12.1. The van der Waals surface area contributed by atoms with Crippen LogP contribution in [0.2, 0.25) is 0 Å². The van der Waals surface area contributed by atoms with Gasteiger partial charge in [0.2, 0.25) is 5.91 Å². The molecule has 0 fully saturated rings. The maximum atomic E-state index is 12.6. The fraction of sp³-hybridized carbons (Fsp3) is 0.619. The average molecular weight is 395 g/mol. The molecule has 1 aromatic rings. The zero-order valence-electron chi connectivity index (χ0n) is 18.4. The molecule has 2 amide bonds. The topological polar surface area (TPSA) is 68.3 Å². The molecule has 0 heterocycles. The average Bonchev–Trinajstić information content (AvgIpc) is 2.59. The summed E-state index contributed by atoms with van der Waals surface area (Å²) < 4.78 is 15.9. The number of methoxy groups -OCH3 is 2. The minimum absolute atomic E-state index is 0.0119. The Morgan fingerprint density at radius 2 is 1.64 bits per heavy atom. The lowest BCUT2D eigenvalue weighted by molar-refractivity contribution is -0.131.